The highest BCUT2D eigenvalue weighted by Gasteiger charge is 2.10. The Labute approximate surface area is 98.9 Å². The minimum absolute atomic E-state index is 0.475. The van der Waals surface area contributed by atoms with Crippen LogP contribution in [0, 0.1) is 0 Å². The first-order valence-electron chi connectivity index (χ1n) is 4.27. The molecule has 3 N–H and O–H groups in total. The van der Waals surface area contributed by atoms with Crippen molar-refractivity contribution in [2.75, 3.05) is 25.7 Å². The molecule has 4 nitrogen and oxygen atoms in total. The van der Waals surface area contributed by atoms with Crippen LogP contribution in [0.15, 0.2) is 12.1 Å². The van der Waals surface area contributed by atoms with E-state index in [1.54, 1.807) is 19.2 Å². The van der Waals surface area contributed by atoms with Gasteiger partial charge in [-0.1, -0.05) is 23.2 Å². The molecule has 0 unspecified atom stereocenters. The highest BCUT2D eigenvalue weighted by atomic mass is 35.5. The lowest BCUT2D eigenvalue weighted by atomic mass is 10.3. The number of rotatable bonds is 4. The SMILES string of the molecule is COc1cc(Cl)c(N(C)CNN)cc1Cl. The number of methoxy groups -OCH3 is 1. The number of nitrogens with two attached hydrogens (primary N) is 1. The molecule has 0 fully saturated rings. The van der Waals surface area contributed by atoms with E-state index in [4.69, 9.17) is 33.8 Å². The van der Waals surface area contributed by atoms with Crippen LogP contribution >= 0.6 is 23.2 Å². The van der Waals surface area contributed by atoms with Gasteiger partial charge in [-0.3, -0.25) is 5.84 Å². The van der Waals surface area contributed by atoms with Gasteiger partial charge >= 0.3 is 0 Å². The molecule has 15 heavy (non-hydrogen) atoms. The van der Waals surface area contributed by atoms with E-state index in [0.29, 0.717) is 22.5 Å². The summed E-state index contributed by atoms with van der Waals surface area (Å²) in [6.45, 7) is 0.475. The number of hydrogen-bond donors (Lipinski definition) is 2. The van der Waals surface area contributed by atoms with Crippen molar-refractivity contribution in [1.82, 2.24) is 5.43 Å². The van der Waals surface area contributed by atoms with Gasteiger partial charge in [0, 0.05) is 13.1 Å². The average Bonchev–Trinajstić information content (AvgIpc) is 2.21. The van der Waals surface area contributed by atoms with Crippen LogP contribution in [0.3, 0.4) is 0 Å². The van der Waals surface area contributed by atoms with Crippen molar-refractivity contribution in [2.24, 2.45) is 5.84 Å². The molecule has 0 amide bonds. The van der Waals surface area contributed by atoms with E-state index in [9.17, 15) is 0 Å². The Morgan fingerprint density at radius 1 is 1.40 bits per heavy atom. The summed E-state index contributed by atoms with van der Waals surface area (Å²) in [5.41, 5.74) is 3.33. The fourth-order valence-electron chi connectivity index (χ4n) is 1.19. The van der Waals surface area contributed by atoms with Crippen molar-refractivity contribution in [3.63, 3.8) is 0 Å². The maximum absolute atomic E-state index is 6.06. The molecule has 0 aliphatic carbocycles. The topological polar surface area (TPSA) is 50.5 Å². The zero-order valence-corrected chi connectivity index (χ0v) is 10.1. The molecule has 0 bridgehead atoms. The second kappa shape index (κ2) is 5.42. The fourth-order valence-corrected chi connectivity index (χ4v) is 1.72. The third-order valence-corrected chi connectivity index (χ3v) is 2.56. The molecular weight excluding hydrogens is 237 g/mol. The standard InChI is InChI=1S/C9H13Cl2N3O/c1-14(5-13-12)8-3-7(11)9(15-2)4-6(8)10/h3-4,13H,5,12H2,1-2H3. The normalized spacial score (nSPS) is 10.2. The molecule has 0 radical (unpaired) electrons. The number of anilines is 1. The van der Waals surface area contributed by atoms with Gasteiger partial charge in [-0.25, -0.2) is 5.43 Å². The predicted octanol–water partition coefficient (Wildman–Crippen LogP) is 1.86. The molecule has 0 saturated carbocycles. The molecule has 0 saturated heterocycles. The van der Waals surface area contributed by atoms with Gasteiger partial charge in [0.15, 0.2) is 0 Å². The van der Waals surface area contributed by atoms with E-state index < -0.39 is 0 Å². The van der Waals surface area contributed by atoms with Gasteiger partial charge in [0.1, 0.15) is 5.75 Å². The summed E-state index contributed by atoms with van der Waals surface area (Å²) in [5.74, 6) is 5.77. The van der Waals surface area contributed by atoms with Crippen molar-refractivity contribution < 1.29 is 4.74 Å². The molecule has 0 heterocycles. The highest BCUT2D eigenvalue weighted by molar-refractivity contribution is 6.36. The third-order valence-electron chi connectivity index (χ3n) is 1.96. The fraction of sp³-hybridized carbons (Fsp3) is 0.333. The molecule has 0 aliphatic heterocycles. The van der Waals surface area contributed by atoms with Crippen molar-refractivity contribution in [1.29, 1.82) is 0 Å². The number of halogens is 2. The van der Waals surface area contributed by atoms with Crippen molar-refractivity contribution >= 4 is 28.9 Å². The van der Waals surface area contributed by atoms with E-state index in [1.807, 2.05) is 11.9 Å². The van der Waals surface area contributed by atoms with E-state index >= 15 is 0 Å². The van der Waals surface area contributed by atoms with Crippen LogP contribution in [0.4, 0.5) is 5.69 Å². The van der Waals surface area contributed by atoms with Crippen LogP contribution in [-0.4, -0.2) is 20.8 Å². The monoisotopic (exact) mass is 249 g/mol. The molecule has 84 valence electrons. The van der Waals surface area contributed by atoms with Gasteiger partial charge in [-0.05, 0) is 6.07 Å². The molecular formula is C9H13Cl2N3O. The maximum atomic E-state index is 6.06. The van der Waals surface area contributed by atoms with Crippen molar-refractivity contribution in [3.05, 3.63) is 22.2 Å². The predicted molar refractivity (Wildman–Crippen MR) is 63.6 cm³/mol. The van der Waals surface area contributed by atoms with Gasteiger partial charge in [0.2, 0.25) is 0 Å². The minimum atomic E-state index is 0.475. The quantitative estimate of drug-likeness (QED) is 0.486. The molecule has 6 heteroatoms. The molecule has 0 spiro atoms. The van der Waals surface area contributed by atoms with E-state index in [-0.39, 0.29) is 0 Å². The smallest absolute Gasteiger partial charge is 0.139 e. The summed E-state index contributed by atoms with van der Waals surface area (Å²) in [7, 11) is 3.40. The molecule has 1 rings (SSSR count). The van der Waals surface area contributed by atoms with Gasteiger partial charge in [0.05, 0.1) is 29.5 Å². The first-order chi connectivity index (χ1) is 7.10. The zero-order chi connectivity index (χ0) is 11.4. The second-order valence-corrected chi connectivity index (χ2v) is 3.81. The average molecular weight is 250 g/mol. The molecule has 1 aromatic rings. The summed E-state index contributed by atoms with van der Waals surface area (Å²) < 4.78 is 5.05. The molecule has 0 aromatic heterocycles. The largest absolute Gasteiger partial charge is 0.495 e. The lowest BCUT2D eigenvalue weighted by Crippen LogP contribution is -2.35. The molecule has 1 aromatic carbocycles. The first kappa shape index (κ1) is 12.4. The van der Waals surface area contributed by atoms with Gasteiger partial charge in [-0.2, -0.15) is 0 Å². The maximum Gasteiger partial charge on any atom is 0.139 e. The first-order valence-corrected chi connectivity index (χ1v) is 5.03. The summed E-state index contributed by atoms with van der Waals surface area (Å²) in [4.78, 5) is 1.84. The number of benzene rings is 1. The van der Waals surface area contributed by atoms with Crippen molar-refractivity contribution in [2.45, 2.75) is 0 Å². The van der Waals surface area contributed by atoms with Crippen LogP contribution in [0.25, 0.3) is 0 Å². The number of hydrogen-bond acceptors (Lipinski definition) is 4. The summed E-state index contributed by atoms with van der Waals surface area (Å²) in [5, 5.41) is 1.08. The lowest BCUT2D eigenvalue weighted by molar-refractivity contribution is 0.415. The van der Waals surface area contributed by atoms with Crippen LogP contribution in [0.2, 0.25) is 10.0 Å². The molecule has 0 aliphatic rings. The van der Waals surface area contributed by atoms with Crippen LogP contribution < -0.4 is 20.9 Å². The number of hydrazine groups is 1. The Balaban J connectivity index is 3.04. The van der Waals surface area contributed by atoms with Crippen LogP contribution in [0.1, 0.15) is 0 Å². The van der Waals surface area contributed by atoms with Gasteiger partial charge < -0.3 is 9.64 Å². The summed E-state index contributed by atoms with van der Waals surface area (Å²) >= 11 is 12.0. The summed E-state index contributed by atoms with van der Waals surface area (Å²) in [6.07, 6.45) is 0. The van der Waals surface area contributed by atoms with Crippen LogP contribution in [-0.2, 0) is 0 Å². The third kappa shape index (κ3) is 2.89. The highest BCUT2D eigenvalue weighted by Crippen LogP contribution is 2.35. The zero-order valence-electron chi connectivity index (χ0n) is 8.55. The van der Waals surface area contributed by atoms with E-state index in [2.05, 4.69) is 5.43 Å². The Morgan fingerprint density at radius 2 is 2.07 bits per heavy atom. The molecule has 0 atom stereocenters. The Kier molecular flexibility index (Phi) is 4.47. The van der Waals surface area contributed by atoms with Crippen LogP contribution in [0.5, 0.6) is 5.75 Å². The second-order valence-electron chi connectivity index (χ2n) is 3.00. The number of nitrogens with one attached hydrogen (secondary N) is 1. The number of nitrogens with zero attached hydrogens (tertiary/aromatic N) is 1. The Bertz CT molecular complexity index is 346. The van der Waals surface area contributed by atoms with Gasteiger partial charge in [0.25, 0.3) is 0 Å². The van der Waals surface area contributed by atoms with E-state index in [1.165, 1.54) is 0 Å². The summed E-state index contributed by atoms with van der Waals surface area (Å²) in [6, 6.07) is 3.41. The Morgan fingerprint density at radius 3 is 2.60 bits per heavy atom. The number of ether oxygens (including phenoxy) is 1. The Hall–Kier alpha value is -0.680. The van der Waals surface area contributed by atoms with E-state index in [0.717, 1.165) is 5.69 Å². The van der Waals surface area contributed by atoms with Crippen molar-refractivity contribution in [3.8, 4) is 5.75 Å². The lowest BCUT2D eigenvalue weighted by Gasteiger charge is -2.20. The minimum Gasteiger partial charge on any atom is -0.495 e. The van der Waals surface area contributed by atoms with Gasteiger partial charge in [-0.15, -0.1) is 0 Å².